The molecule has 2 rings (SSSR count). The van der Waals surface area contributed by atoms with Gasteiger partial charge in [0.25, 0.3) is 5.91 Å². The summed E-state index contributed by atoms with van der Waals surface area (Å²) in [6.45, 7) is 3.55. The number of nitrogens with one attached hydrogen (secondary N) is 1. The number of carbonyl (C=O) groups excluding carboxylic acids is 1. The Hall–Kier alpha value is -1.30. The fourth-order valence-corrected chi connectivity index (χ4v) is 2.45. The van der Waals surface area contributed by atoms with Crippen molar-refractivity contribution in [1.82, 2.24) is 9.88 Å². The fourth-order valence-electron chi connectivity index (χ4n) is 2.01. The summed E-state index contributed by atoms with van der Waals surface area (Å²) in [4.78, 5) is 23.3. The first kappa shape index (κ1) is 14.1. The number of nitrogens with zero attached hydrogens (tertiary/aromatic N) is 1. The van der Waals surface area contributed by atoms with E-state index in [4.69, 9.17) is 5.11 Å². The Morgan fingerprint density at radius 2 is 2.11 bits per heavy atom. The highest BCUT2D eigenvalue weighted by Gasteiger charge is 2.30. The maximum absolute atomic E-state index is 12.2. The smallest absolute Gasteiger partial charge is 0.326 e. The second kappa shape index (κ2) is 5.36. The lowest BCUT2D eigenvalue weighted by molar-refractivity contribution is -0.140. The zero-order valence-electron chi connectivity index (χ0n) is 10.9. The summed E-state index contributed by atoms with van der Waals surface area (Å²) >= 11 is 3.35. The van der Waals surface area contributed by atoms with Gasteiger partial charge in [-0.25, -0.2) is 4.79 Å². The van der Waals surface area contributed by atoms with Gasteiger partial charge in [-0.2, -0.15) is 0 Å². The van der Waals surface area contributed by atoms with Crippen LogP contribution >= 0.6 is 15.9 Å². The van der Waals surface area contributed by atoms with E-state index in [9.17, 15) is 9.59 Å². The molecule has 0 radical (unpaired) electrons. The molecule has 0 bridgehead atoms. The van der Waals surface area contributed by atoms with Crippen LogP contribution < -0.4 is 5.32 Å². The molecule has 1 saturated carbocycles. The van der Waals surface area contributed by atoms with E-state index in [1.807, 2.05) is 10.8 Å². The highest BCUT2D eigenvalue weighted by molar-refractivity contribution is 9.10. The predicted octanol–water partition coefficient (Wildman–Crippen LogP) is 2.42. The topological polar surface area (TPSA) is 71.3 Å². The molecule has 0 spiro atoms. The molecule has 0 aromatic carbocycles. The van der Waals surface area contributed by atoms with E-state index >= 15 is 0 Å². The molecule has 0 aliphatic heterocycles. The Labute approximate surface area is 120 Å². The van der Waals surface area contributed by atoms with Gasteiger partial charge < -0.3 is 15.0 Å². The lowest BCUT2D eigenvalue weighted by Crippen LogP contribution is -2.44. The van der Waals surface area contributed by atoms with Gasteiger partial charge >= 0.3 is 5.97 Å². The number of hydrogen-bond donors (Lipinski definition) is 2. The van der Waals surface area contributed by atoms with Gasteiger partial charge in [-0.05, 0) is 40.8 Å². The fraction of sp³-hybridized carbons (Fsp3) is 0.538. The Morgan fingerprint density at radius 1 is 1.47 bits per heavy atom. The number of carboxylic acid groups (broad SMARTS) is 1. The maximum Gasteiger partial charge on any atom is 0.326 e. The van der Waals surface area contributed by atoms with Crippen molar-refractivity contribution in [2.24, 2.45) is 5.92 Å². The molecule has 1 aromatic heterocycles. The SMILES string of the molecule is CC(C)[C@H](NC(=O)c1cc(Br)cn1C1CC1)C(=O)O. The summed E-state index contributed by atoms with van der Waals surface area (Å²) in [7, 11) is 0. The Kier molecular flexibility index (Phi) is 3.99. The molecular weight excluding hydrogens is 312 g/mol. The third kappa shape index (κ3) is 3.18. The van der Waals surface area contributed by atoms with Crippen LogP contribution in [0.25, 0.3) is 0 Å². The van der Waals surface area contributed by atoms with Gasteiger partial charge in [0.15, 0.2) is 0 Å². The molecule has 2 N–H and O–H groups in total. The first-order chi connectivity index (χ1) is 8.90. The van der Waals surface area contributed by atoms with E-state index in [0.717, 1.165) is 17.3 Å². The molecule has 0 unspecified atom stereocenters. The summed E-state index contributed by atoms with van der Waals surface area (Å²) in [5.41, 5.74) is 0.515. The van der Waals surface area contributed by atoms with Crippen LogP contribution in [-0.2, 0) is 4.79 Å². The van der Waals surface area contributed by atoms with Crippen molar-refractivity contribution < 1.29 is 14.7 Å². The maximum atomic E-state index is 12.2. The second-order valence-corrected chi connectivity index (χ2v) is 6.13. The third-order valence-corrected chi connectivity index (χ3v) is 3.64. The van der Waals surface area contributed by atoms with Gasteiger partial charge in [0.1, 0.15) is 11.7 Å². The molecule has 1 heterocycles. The van der Waals surface area contributed by atoms with Gasteiger partial charge in [0, 0.05) is 16.7 Å². The van der Waals surface area contributed by atoms with Gasteiger partial charge in [-0.1, -0.05) is 13.8 Å². The van der Waals surface area contributed by atoms with Gasteiger partial charge in [-0.3, -0.25) is 4.79 Å². The first-order valence-corrected chi connectivity index (χ1v) is 7.10. The number of halogens is 1. The summed E-state index contributed by atoms with van der Waals surface area (Å²) < 4.78 is 2.75. The van der Waals surface area contributed by atoms with Crippen molar-refractivity contribution in [3.63, 3.8) is 0 Å². The Morgan fingerprint density at radius 3 is 2.58 bits per heavy atom. The minimum absolute atomic E-state index is 0.158. The molecule has 6 heteroatoms. The number of rotatable bonds is 5. The number of carbonyl (C=O) groups is 2. The minimum Gasteiger partial charge on any atom is -0.480 e. The molecule has 1 aliphatic carbocycles. The van der Waals surface area contributed by atoms with Crippen molar-refractivity contribution in [3.05, 3.63) is 22.4 Å². The average Bonchev–Trinajstić information content (AvgIpc) is 3.08. The van der Waals surface area contributed by atoms with Crippen LogP contribution in [-0.4, -0.2) is 27.6 Å². The molecular formula is C13H17BrN2O3. The van der Waals surface area contributed by atoms with Crippen LogP contribution in [0.2, 0.25) is 0 Å². The zero-order valence-corrected chi connectivity index (χ0v) is 12.5. The van der Waals surface area contributed by atoms with E-state index < -0.39 is 12.0 Å². The highest BCUT2D eigenvalue weighted by Crippen LogP contribution is 2.37. The molecule has 1 aromatic rings. The van der Waals surface area contributed by atoms with E-state index in [1.165, 1.54) is 0 Å². The molecule has 104 valence electrons. The molecule has 1 fully saturated rings. The lowest BCUT2D eigenvalue weighted by atomic mass is 10.0. The summed E-state index contributed by atoms with van der Waals surface area (Å²) in [6, 6.07) is 1.23. The zero-order chi connectivity index (χ0) is 14.2. The van der Waals surface area contributed by atoms with E-state index in [2.05, 4.69) is 21.2 Å². The van der Waals surface area contributed by atoms with Crippen LogP contribution in [0.4, 0.5) is 0 Å². The third-order valence-electron chi connectivity index (χ3n) is 3.21. The molecule has 1 atom stereocenters. The van der Waals surface area contributed by atoms with Gasteiger partial charge in [-0.15, -0.1) is 0 Å². The standard InChI is InChI=1S/C13H17BrN2O3/c1-7(2)11(13(18)19)15-12(17)10-5-8(14)6-16(10)9-3-4-9/h5-7,9,11H,3-4H2,1-2H3,(H,15,17)(H,18,19)/t11-/m0/s1. The predicted molar refractivity (Wildman–Crippen MR) is 74.1 cm³/mol. The molecule has 1 aliphatic rings. The summed E-state index contributed by atoms with van der Waals surface area (Å²) in [5.74, 6) is -1.50. The van der Waals surface area contributed by atoms with Crippen molar-refractivity contribution in [2.45, 2.75) is 38.8 Å². The largest absolute Gasteiger partial charge is 0.480 e. The monoisotopic (exact) mass is 328 g/mol. The minimum atomic E-state index is -1.01. The highest BCUT2D eigenvalue weighted by atomic mass is 79.9. The summed E-state index contributed by atoms with van der Waals surface area (Å²) in [5, 5.41) is 11.7. The number of aliphatic carboxylic acids is 1. The van der Waals surface area contributed by atoms with E-state index in [0.29, 0.717) is 11.7 Å². The lowest BCUT2D eigenvalue weighted by Gasteiger charge is -2.18. The molecule has 0 saturated heterocycles. The normalized spacial score (nSPS) is 16.4. The molecule has 5 nitrogen and oxygen atoms in total. The van der Waals surface area contributed by atoms with Crippen LogP contribution in [0.1, 0.15) is 43.2 Å². The van der Waals surface area contributed by atoms with E-state index in [1.54, 1.807) is 19.9 Å². The Balaban J connectivity index is 2.17. The molecule has 1 amide bonds. The quantitative estimate of drug-likeness (QED) is 0.871. The van der Waals surface area contributed by atoms with Crippen molar-refractivity contribution in [3.8, 4) is 0 Å². The number of carboxylic acids is 1. The second-order valence-electron chi connectivity index (χ2n) is 5.22. The van der Waals surface area contributed by atoms with Crippen LogP contribution in [0, 0.1) is 5.92 Å². The van der Waals surface area contributed by atoms with Crippen LogP contribution in [0.15, 0.2) is 16.7 Å². The van der Waals surface area contributed by atoms with Gasteiger partial charge in [0.2, 0.25) is 0 Å². The van der Waals surface area contributed by atoms with Crippen molar-refractivity contribution >= 4 is 27.8 Å². The van der Waals surface area contributed by atoms with Gasteiger partial charge in [0.05, 0.1) is 0 Å². The summed E-state index contributed by atoms with van der Waals surface area (Å²) in [6.07, 6.45) is 4.00. The van der Waals surface area contributed by atoms with Crippen molar-refractivity contribution in [2.75, 3.05) is 0 Å². The number of amides is 1. The first-order valence-electron chi connectivity index (χ1n) is 6.31. The average molecular weight is 329 g/mol. The number of aromatic nitrogens is 1. The number of hydrogen-bond acceptors (Lipinski definition) is 2. The van der Waals surface area contributed by atoms with Crippen LogP contribution in [0.5, 0.6) is 0 Å². The molecule has 19 heavy (non-hydrogen) atoms. The van der Waals surface area contributed by atoms with E-state index in [-0.39, 0.29) is 11.8 Å². The Bertz CT molecular complexity index is 506. The van der Waals surface area contributed by atoms with Crippen LogP contribution in [0.3, 0.4) is 0 Å². The van der Waals surface area contributed by atoms with Crippen molar-refractivity contribution in [1.29, 1.82) is 0 Å².